The summed E-state index contributed by atoms with van der Waals surface area (Å²) in [5.74, 6) is 0. The number of rotatable bonds is 7. The smallest absolute Gasteiger partial charge is 0.167 e. The molecule has 0 aromatic carbocycles. The molecular formula is C12H32N2Si4. The molecule has 106 valence electrons. The molecule has 0 aliphatic rings. The van der Waals surface area contributed by atoms with Crippen LogP contribution in [0.5, 0.6) is 0 Å². The Morgan fingerprint density at radius 3 is 1.44 bits per heavy atom. The van der Waals surface area contributed by atoms with Gasteiger partial charge in [0.15, 0.2) is 7.75 Å². The molecule has 0 saturated heterocycles. The molecule has 0 unspecified atom stereocenters. The van der Waals surface area contributed by atoms with E-state index >= 15 is 0 Å². The molecule has 0 atom stereocenters. The van der Waals surface area contributed by atoms with Gasteiger partial charge < -0.3 is 8.46 Å². The lowest BCUT2D eigenvalue weighted by Crippen LogP contribution is -2.68. The van der Waals surface area contributed by atoms with E-state index < -0.39 is 24.2 Å². The van der Waals surface area contributed by atoms with Crippen molar-refractivity contribution in [2.45, 2.75) is 39.3 Å². The zero-order valence-corrected chi connectivity index (χ0v) is 18.1. The normalized spacial score (nSPS) is 14.8. The highest BCUT2D eigenvalue weighted by Gasteiger charge is 2.41. The summed E-state index contributed by atoms with van der Waals surface area (Å²) in [5.41, 5.74) is 4.53. The molecule has 0 saturated carbocycles. The van der Waals surface area contributed by atoms with Crippen molar-refractivity contribution in [1.82, 2.24) is 8.46 Å². The number of nitrogens with zero attached hydrogens (tertiary/aromatic N) is 2. The lowest BCUT2D eigenvalue weighted by Gasteiger charge is -2.46. The van der Waals surface area contributed by atoms with Crippen molar-refractivity contribution < 1.29 is 0 Å². The molecule has 0 N–H and O–H groups in total. The summed E-state index contributed by atoms with van der Waals surface area (Å²) in [6.45, 7) is 22.9. The molecular weight excluding hydrogens is 284 g/mol. The Labute approximate surface area is 120 Å². The van der Waals surface area contributed by atoms with Crippen LogP contribution in [0.1, 0.15) is 0 Å². The van der Waals surface area contributed by atoms with Crippen LogP contribution in [0.2, 0.25) is 39.3 Å². The molecule has 0 rings (SSSR count). The predicted molar refractivity (Wildman–Crippen MR) is 96.9 cm³/mol. The third kappa shape index (κ3) is 4.43. The van der Waals surface area contributed by atoms with E-state index in [1.165, 1.54) is 0 Å². The van der Waals surface area contributed by atoms with E-state index in [0.717, 1.165) is 0 Å². The van der Waals surface area contributed by atoms with E-state index in [1.54, 1.807) is 0 Å². The predicted octanol–water partition coefficient (Wildman–Crippen LogP) is 2.50. The van der Waals surface area contributed by atoms with Crippen LogP contribution in [0.3, 0.4) is 0 Å². The van der Waals surface area contributed by atoms with Crippen LogP contribution in [0, 0.1) is 0 Å². The lowest BCUT2D eigenvalue weighted by molar-refractivity contribution is 0.763. The molecule has 0 aliphatic carbocycles. The first-order chi connectivity index (χ1) is 7.90. The third-order valence-corrected chi connectivity index (χ3v) is 26.5. The fourth-order valence-corrected chi connectivity index (χ4v) is 26.4. The Kier molecular flexibility index (Phi) is 6.24. The first-order valence-corrected chi connectivity index (χ1v) is 18.6. The minimum absolute atomic E-state index is 0.330. The van der Waals surface area contributed by atoms with Gasteiger partial charge in [0.2, 0.25) is 0 Å². The van der Waals surface area contributed by atoms with Gasteiger partial charge in [0.25, 0.3) is 0 Å². The van der Waals surface area contributed by atoms with Crippen LogP contribution < -0.4 is 0 Å². The van der Waals surface area contributed by atoms with Gasteiger partial charge in [-0.25, -0.2) is 0 Å². The molecule has 0 amide bonds. The van der Waals surface area contributed by atoms with Crippen molar-refractivity contribution in [1.29, 1.82) is 0 Å². The Bertz CT molecular complexity index is 296. The van der Waals surface area contributed by atoms with E-state index in [2.05, 4.69) is 86.4 Å². The van der Waals surface area contributed by atoms with E-state index in [4.69, 9.17) is 0 Å². The summed E-state index contributed by atoms with van der Waals surface area (Å²) >= 11 is 0. The van der Waals surface area contributed by atoms with Crippen LogP contribution in [-0.2, 0) is 0 Å². The zero-order valence-electron chi connectivity index (χ0n) is 13.7. The first kappa shape index (κ1) is 18.3. The van der Waals surface area contributed by atoms with Gasteiger partial charge in [0.1, 0.15) is 25.7 Å². The van der Waals surface area contributed by atoms with Gasteiger partial charge in [0, 0.05) is 0 Å². The SMILES string of the molecule is C=C[Si](C=C)([SiH2]N(C)[Si](C)(C)C)N(C)[Si](C)(C)C. The average Bonchev–Trinajstić information content (AvgIpc) is 2.22. The molecule has 0 spiro atoms. The maximum atomic E-state index is 4.17. The molecule has 0 bridgehead atoms. The Morgan fingerprint density at radius 1 is 0.833 bits per heavy atom. The lowest BCUT2D eigenvalue weighted by atomic mass is 11.2. The Hall–Kier alpha value is 0.268. The second-order valence-corrected chi connectivity index (χ2v) is 27.4. The molecule has 0 radical (unpaired) electrons. The molecule has 2 nitrogen and oxygen atoms in total. The molecule has 0 heterocycles. The van der Waals surface area contributed by atoms with Crippen LogP contribution in [0.25, 0.3) is 0 Å². The fourth-order valence-electron chi connectivity index (χ4n) is 1.83. The summed E-state index contributed by atoms with van der Waals surface area (Å²) in [6.07, 6.45) is 0. The van der Waals surface area contributed by atoms with Gasteiger partial charge >= 0.3 is 0 Å². The van der Waals surface area contributed by atoms with Crippen LogP contribution in [0.4, 0.5) is 0 Å². The summed E-state index contributed by atoms with van der Waals surface area (Å²) in [4.78, 5) is 0. The van der Waals surface area contributed by atoms with Gasteiger partial charge in [-0.1, -0.05) is 50.7 Å². The molecule has 0 aliphatic heterocycles. The number of hydrogen-bond acceptors (Lipinski definition) is 2. The largest absolute Gasteiger partial charge is 0.354 e. The monoisotopic (exact) mass is 316 g/mol. The highest BCUT2D eigenvalue weighted by Crippen LogP contribution is 2.20. The molecule has 0 aromatic rings. The minimum atomic E-state index is -1.63. The van der Waals surface area contributed by atoms with Crippen LogP contribution in [0.15, 0.2) is 24.6 Å². The molecule has 0 fully saturated rings. The van der Waals surface area contributed by atoms with E-state index in [-0.39, 0.29) is 9.20 Å². The van der Waals surface area contributed by atoms with Gasteiger partial charge in [-0.3, -0.25) is 0 Å². The summed E-state index contributed by atoms with van der Waals surface area (Å²) in [6, 6.07) is 0. The zero-order chi connectivity index (χ0) is 14.8. The third-order valence-electron chi connectivity index (χ3n) is 3.97. The minimum Gasteiger partial charge on any atom is -0.354 e. The highest BCUT2D eigenvalue weighted by atomic mass is 29.2. The van der Waals surface area contributed by atoms with Crippen molar-refractivity contribution in [3.63, 3.8) is 0 Å². The van der Waals surface area contributed by atoms with Gasteiger partial charge in [-0.2, -0.15) is 0 Å². The van der Waals surface area contributed by atoms with Gasteiger partial charge in [-0.15, -0.1) is 13.2 Å². The topological polar surface area (TPSA) is 6.48 Å². The summed E-state index contributed by atoms with van der Waals surface area (Å²) in [5, 5.41) is 0. The van der Waals surface area contributed by atoms with E-state index in [9.17, 15) is 0 Å². The summed E-state index contributed by atoms with van der Waals surface area (Å²) < 4.78 is 5.40. The fraction of sp³-hybridized carbons (Fsp3) is 0.667. The van der Waals surface area contributed by atoms with Crippen molar-refractivity contribution >= 4 is 33.4 Å². The van der Waals surface area contributed by atoms with E-state index in [1.807, 2.05) is 0 Å². The van der Waals surface area contributed by atoms with Crippen molar-refractivity contribution in [3.05, 3.63) is 24.6 Å². The standard InChI is InChI=1S/C12H32N2Si4/c1-11-18(12-2,14(4)17(8,9)10)15-13(3)16(5,6)7/h11-12H,1-2,15H2,3-10H3. The first-order valence-electron chi connectivity index (χ1n) is 6.63. The van der Waals surface area contributed by atoms with Crippen molar-refractivity contribution in [3.8, 4) is 0 Å². The maximum Gasteiger partial charge on any atom is 0.167 e. The Balaban J connectivity index is 5.30. The van der Waals surface area contributed by atoms with Crippen molar-refractivity contribution in [2.75, 3.05) is 14.1 Å². The average molecular weight is 317 g/mol. The molecule has 18 heavy (non-hydrogen) atoms. The Morgan fingerprint density at radius 2 is 1.22 bits per heavy atom. The quantitative estimate of drug-likeness (QED) is 0.666. The second kappa shape index (κ2) is 6.15. The van der Waals surface area contributed by atoms with Crippen LogP contribution >= 0.6 is 0 Å². The van der Waals surface area contributed by atoms with Gasteiger partial charge in [0.05, 0.1) is 0 Å². The van der Waals surface area contributed by atoms with Crippen molar-refractivity contribution in [2.24, 2.45) is 0 Å². The summed E-state index contributed by atoms with van der Waals surface area (Å²) in [7, 11) is 0.201. The second-order valence-electron chi connectivity index (χ2n) is 7.16. The maximum absolute atomic E-state index is 4.17. The van der Waals surface area contributed by atoms with Gasteiger partial charge in [-0.05, 0) is 14.1 Å². The van der Waals surface area contributed by atoms with E-state index in [0.29, 0.717) is 0 Å². The molecule has 6 heteroatoms. The van der Waals surface area contributed by atoms with Crippen LogP contribution in [-0.4, -0.2) is 56.0 Å². The number of hydrogen-bond donors (Lipinski definition) is 0. The molecule has 0 aromatic heterocycles. The highest BCUT2D eigenvalue weighted by molar-refractivity contribution is 7.31.